The number of methoxy groups -OCH3 is 1. The highest BCUT2D eigenvalue weighted by Gasteiger charge is 2.26. The SMILES string of the molecule is COCCCC(N)C1CCC(C(C)C)CC1. The number of ether oxygens (including phenoxy) is 1. The minimum atomic E-state index is 0.406. The van der Waals surface area contributed by atoms with Crippen molar-refractivity contribution in [2.24, 2.45) is 23.5 Å². The Morgan fingerprint density at radius 3 is 2.19 bits per heavy atom. The van der Waals surface area contributed by atoms with Crippen molar-refractivity contribution in [2.75, 3.05) is 13.7 Å². The van der Waals surface area contributed by atoms with E-state index in [-0.39, 0.29) is 0 Å². The molecule has 0 saturated heterocycles. The Bertz CT molecular complexity index is 174. The quantitative estimate of drug-likeness (QED) is 0.707. The molecule has 0 aromatic heterocycles. The van der Waals surface area contributed by atoms with Crippen molar-refractivity contribution in [3.8, 4) is 0 Å². The van der Waals surface area contributed by atoms with Gasteiger partial charge in [-0.05, 0) is 56.3 Å². The van der Waals surface area contributed by atoms with Gasteiger partial charge in [-0.1, -0.05) is 13.8 Å². The van der Waals surface area contributed by atoms with Gasteiger partial charge in [0, 0.05) is 19.8 Å². The van der Waals surface area contributed by atoms with Crippen LogP contribution in [0.15, 0.2) is 0 Å². The summed E-state index contributed by atoms with van der Waals surface area (Å²) >= 11 is 0. The lowest BCUT2D eigenvalue weighted by molar-refractivity contribution is 0.171. The Kier molecular flexibility index (Phi) is 6.37. The van der Waals surface area contributed by atoms with E-state index in [1.165, 1.54) is 25.7 Å². The summed E-state index contributed by atoms with van der Waals surface area (Å²) in [6.07, 6.45) is 7.71. The van der Waals surface area contributed by atoms with E-state index in [2.05, 4.69) is 13.8 Å². The Labute approximate surface area is 101 Å². The van der Waals surface area contributed by atoms with E-state index in [1.54, 1.807) is 7.11 Å². The van der Waals surface area contributed by atoms with E-state index in [1.807, 2.05) is 0 Å². The first kappa shape index (κ1) is 14.0. The molecule has 2 N–H and O–H groups in total. The van der Waals surface area contributed by atoms with Gasteiger partial charge < -0.3 is 10.5 Å². The van der Waals surface area contributed by atoms with Crippen molar-refractivity contribution in [3.63, 3.8) is 0 Å². The molecule has 0 bridgehead atoms. The molecule has 0 aliphatic heterocycles. The van der Waals surface area contributed by atoms with Gasteiger partial charge in [0.25, 0.3) is 0 Å². The molecule has 1 saturated carbocycles. The van der Waals surface area contributed by atoms with Crippen molar-refractivity contribution >= 4 is 0 Å². The Balaban J connectivity index is 2.19. The molecule has 0 heterocycles. The molecule has 0 aromatic rings. The average molecular weight is 227 g/mol. The Morgan fingerprint density at radius 1 is 1.12 bits per heavy atom. The van der Waals surface area contributed by atoms with Crippen LogP contribution >= 0.6 is 0 Å². The van der Waals surface area contributed by atoms with Crippen LogP contribution in [0.5, 0.6) is 0 Å². The summed E-state index contributed by atoms with van der Waals surface area (Å²) in [7, 11) is 1.76. The number of nitrogens with two attached hydrogens (primary N) is 1. The van der Waals surface area contributed by atoms with Gasteiger partial charge in [-0.15, -0.1) is 0 Å². The van der Waals surface area contributed by atoms with Crippen LogP contribution in [0.3, 0.4) is 0 Å². The fourth-order valence-corrected chi connectivity index (χ4v) is 2.94. The largest absolute Gasteiger partial charge is 0.385 e. The molecular weight excluding hydrogens is 198 g/mol. The summed E-state index contributed by atoms with van der Waals surface area (Å²) in [5, 5.41) is 0. The molecular formula is C14H29NO. The second-order valence-corrected chi connectivity index (χ2v) is 5.72. The van der Waals surface area contributed by atoms with Gasteiger partial charge in [0.1, 0.15) is 0 Å². The van der Waals surface area contributed by atoms with Gasteiger partial charge in [-0.2, -0.15) is 0 Å². The molecule has 0 radical (unpaired) electrons. The summed E-state index contributed by atoms with van der Waals surface area (Å²) in [6.45, 7) is 5.56. The van der Waals surface area contributed by atoms with E-state index < -0.39 is 0 Å². The van der Waals surface area contributed by atoms with Gasteiger partial charge in [-0.3, -0.25) is 0 Å². The highest BCUT2D eigenvalue weighted by Crippen LogP contribution is 2.35. The van der Waals surface area contributed by atoms with E-state index in [4.69, 9.17) is 10.5 Å². The third kappa shape index (κ3) is 4.42. The van der Waals surface area contributed by atoms with E-state index in [0.29, 0.717) is 6.04 Å². The average Bonchev–Trinajstić information content (AvgIpc) is 2.29. The molecule has 16 heavy (non-hydrogen) atoms. The first-order valence-electron chi connectivity index (χ1n) is 6.89. The number of rotatable bonds is 6. The third-order valence-electron chi connectivity index (χ3n) is 4.25. The summed E-state index contributed by atoms with van der Waals surface area (Å²) in [5.74, 6) is 2.57. The standard InChI is InChI=1S/C14H29NO/c1-11(2)12-6-8-13(9-7-12)14(15)5-4-10-16-3/h11-14H,4-10,15H2,1-3H3. The molecule has 2 nitrogen and oxygen atoms in total. The van der Waals surface area contributed by atoms with Crippen LogP contribution in [0.4, 0.5) is 0 Å². The van der Waals surface area contributed by atoms with Crippen LogP contribution in [0.1, 0.15) is 52.4 Å². The van der Waals surface area contributed by atoms with Gasteiger partial charge in [0.15, 0.2) is 0 Å². The first-order chi connectivity index (χ1) is 7.65. The van der Waals surface area contributed by atoms with Gasteiger partial charge in [-0.25, -0.2) is 0 Å². The minimum Gasteiger partial charge on any atom is -0.385 e. The van der Waals surface area contributed by atoms with Crippen LogP contribution in [0, 0.1) is 17.8 Å². The number of hydrogen-bond donors (Lipinski definition) is 1. The lowest BCUT2D eigenvalue weighted by Crippen LogP contribution is -2.34. The maximum absolute atomic E-state index is 6.26. The molecule has 1 rings (SSSR count). The third-order valence-corrected chi connectivity index (χ3v) is 4.25. The van der Waals surface area contributed by atoms with Crippen LogP contribution < -0.4 is 5.73 Å². The van der Waals surface area contributed by atoms with Crippen LogP contribution in [-0.2, 0) is 4.74 Å². The normalized spacial score (nSPS) is 28.3. The van der Waals surface area contributed by atoms with Crippen molar-refractivity contribution in [1.29, 1.82) is 0 Å². The van der Waals surface area contributed by atoms with E-state index in [0.717, 1.165) is 37.2 Å². The molecule has 0 spiro atoms. The molecule has 0 amide bonds. The summed E-state index contributed by atoms with van der Waals surface area (Å²) in [6, 6.07) is 0.406. The van der Waals surface area contributed by atoms with E-state index >= 15 is 0 Å². The zero-order chi connectivity index (χ0) is 12.0. The topological polar surface area (TPSA) is 35.2 Å². The molecule has 2 heteroatoms. The van der Waals surface area contributed by atoms with Crippen molar-refractivity contribution < 1.29 is 4.74 Å². The molecule has 96 valence electrons. The molecule has 1 fully saturated rings. The molecule has 1 aliphatic carbocycles. The maximum Gasteiger partial charge on any atom is 0.0462 e. The Hall–Kier alpha value is -0.0800. The van der Waals surface area contributed by atoms with E-state index in [9.17, 15) is 0 Å². The lowest BCUT2D eigenvalue weighted by atomic mass is 9.74. The van der Waals surface area contributed by atoms with Gasteiger partial charge in [0.05, 0.1) is 0 Å². The second kappa shape index (κ2) is 7.29. The summed E-state index contributed by atoms with van der Waals surface area (Å²) < 4.78 is 5.07. The summed E-state index contributed by atoms with van der Waals surface area (Å²) in [5.41, 5.74) is 6.26. The first-order valence-corrected chi connectivity index (χ1v) is 6.89. The molecule has 1 aliphatic rings. The zero-order valence-corrected chi connectivity index (χ0v) is 11.2. The molecule has 0 aromatic carbocycles. The lowest BCUT2D eigenvalue weighted by Gasteiger charge is -2.34. The summed E-state index contributed by atoms with van der Waals surface area (Å²) in [4.78, 5) is 0. The highest BCUT2D eigenvalue weighted by atomic mass is 16.5. The highest BCUT2D eigenvalue weighted by molar-refractivity contribution is 4.80. The van der Waals surface area contributed by atoms with Crippen molar-refractivity contribution in [1.82, 2.24) is 0 Å². The van der Waals surface area contributed by atoms with Crippen LogP contribution in [0.2, 0.25) is 0 Å². The van der Waals surface area contributed by atoms with Crippen molar-refractivity contribution in [3.05, 3.63) is 0 Å². The van der Waals surface area contributed by atoms with Crippen molar-refractivity contribution in [2.45, 2.75) is 58.4 Å². The monoisotopic (exact) mass is 227 g/mol. The molecule has 1 atom stereocenters. The smallest absolute Gasteiger partial charge is 0.0462 e. The predicted octanol–water partition coefficient (Wildman–Crippen LogP) is 3.20. The van der Waals surface area contributed by atoms with Crippen LogP contribution in [0.25, 0.3) is 0 Å². The Morgan fingerprint density at radius 2 is 1.69 bits per heavy atom. The minimum absolute atomic E-state index is 0.406. The fraction of sp³-hybridized carbons (Fsp3) is 1.00. The predicted molar refractivity (Wildman–Crippen MR) is 69.4 cm³/mol. The number of hydrogen-bond acceptors (Lipinski definition) is 2. The zero-order valence-electron chi connectivity index (χ0n) is 11.2. The second-order valence-electron chi connectivity index (χ2n) is 5.72. The molecule has 1 unspecified atom stereocenters. The van der Waals surface area contributed by atoms with Gasteiger partial charge in [0.2, 0.25) is 0 Å². The fourth-order valence-electron chi connectivity index (χ4n) is 2.94. The van der Waals surface area contributed by atoms with Gasteiger partial charge >= 0.3 is 0 Å². The maximum atomic E-state index is 6.26. The van der Waals surface area contributed by atoms with Crippen LogP contribution in [-0.4, -0.2) is 19.8 Å².